The van der Waals surface area contributed by atoms with E-state index in [9.17, 15) is 21.8 Å². The molecule has 9 heteroatoms. The van der Waals surface area contributed by atoms with Crippen LogP contribution in [0.5, 0.6) is 0 Å². The van der Waals surface area contributed by atoms with Crippen molar-refractivity contribution in [2.45, 2.75) is 11.1 Å². The molecule has 0 aliphatic rings. The number of nitrogens with zero attached hydrogens (tertiary/aromatic N) is 2. The van der Waals surface area contributed by atoms with Crippen LogP contribution in [0.4, 0.5) is 23.5 Å². The second-order valence-electron chi connectivity index (χ2n) is 4.17. The number of aromatic nitrogens is 2. The predicted molar refractivity (Wildman–Crippen MR) is 73.2 cm³/mol. The Bertz CT molecular complexity index is 678. The largest absolute Gasteiger partial charge is 0.433 e. The van der Waals surface area contributed by atoms with Gasteiger partial charge in [-0.05, 0) is 18.2 Å². The first kappa shape index (κ1) is 16.3. The van der Waals surface area contributed by atoms with Crippen molar-refractivity contribution in [2.75, 3.05) is 17.6 Å². The van der Waals surface area contributed by atoms with E-state index in [0.717, 1.165) is 12.3 Å². The molecular weight excluding hydrogens is 322 g/mol. The van der Waals surface area contributed by atoms with E-state index in [1.807, 2.05) is 0 Å². The van der Waals surface area contributed by atoms with Crippen LogP contribution < -0.4 is 5.32 Å². The average molecular weight is 333 g/mol. The zero-order valence-corrected chi connectivity index (χ0v) is 11.9. The summed E-state index contributed by atoms with van der Waals surface area (Å²) >= 11 is 0. The summed E-state index contributed by atoms with van der Waals surface area (Å²) in [5.74, 6) is -0.794. The van der Waals surface area contributed by atoms with Gasteiger partial charge in [-0.3, -0.25) is 4.21 Å². The third-order valence-corrected chi connectivity index (χ3v) is 4.00. The Kier molecular flexibility index (Phi) is 5.07. The Balaban J connectivity index is 1.94. The molecule has 0 aliphatic heterocycles. The fourth-order valence-electron chi connectivity index (χ4n) is 1.60. The standard InChI is InChI=1S/C13H11F4N3OS/c14-9-3-1-2-4-10(9)22(21)8-7-19-12-18-6-5-11(20-12)13(15,16)17/h1-6H,7-8H2,(H,18,19,20)/t22-/m1/s1. The molecule has 0 unspecified atom stereocenters. The third-order valence-electron chi connectivity index (χ3n) is 2.60. The molecule has 1 aromatic heterocycles. The SMILES string of the molecule is O=[S@](CCNc1nccc(C(F)(F)F)n1)c1ccccc1F. The minimum atomic E-state index is -4.56. The molecule has 2 aromatic rings. The Labute approximate surface area is 126 Å². The maximum Gasteiger partial charge on any atom is 0.433 e. The lowest BCUT2D eigenvalue weighted by molar-refractivity contribution is -0.141. The van der Waals surface area contributed by atoms with Gasteiger partial charge in [0.15, 0.2) is 0 Å². The molecule has 0 amide bonds. The number of anilines is 1. The molecule has 0 aliphatic carbocycles. The first-order valence-corrected chi connectivity index (χ1v) is 7.47. The number of rotatable bonds is 5. The maximum absolute atomic E-state index is 13.4. The van der Waals surface area contributed by atoms with Crippen LogP contribution in [0.3, 0.4) is 0 Å². The lowest BCUT2D eigenvalue weighted by atomic mass is 10.3. The highest BCUT2D eigenvalue weighted by molar-refractivity contribution is 7.85. The number of alkyl halides is 3. The number of halogens is 4. The van der Waals surface area contributed by atoms with E-state index in [1.54, 1.807) is 6.07 Å². The van der Waals surface area contributed by atoms with Crippen LogP contribution in [-0.2, 0) is 17.0 Å². The molecule has 0 saturated carbocycles. The number of benzene rings is 1. The number of hydrogen-bond donors (Lipinski definition) is 1. The lowest BCUT2D eigenvalue weighted by Crippen LogP contribution is -2.15. The topological polar surface area (TPSA) is 54.9 Å². The van der Waals surface area contributed by atoms with Crippen LogP contribution in [-0.4, -0.2) is 26.5 Å². The summed E-state index contributed by atoms with van der Waals surface area (Å²) in [6.07, 6.45) is -3.58. The van der Waals surface area contributed by atoms with Crippen molar-refractivity contribution < 1.29 is 21.8 Å². The van der Waals surface area contributed by atoms with Gasteiger partial charge in [0.1, 0.15) is 11.5 Å². The summed E-state index contributed by atoms with van der Waals surface area (Å²) < 4.78 is 62.7. The Morgan fingerprint density at radius 1 is 1.18 bits per heavy atom. The van der Waals surface area contributed by atoms with E-state index >= 15 is 0 Å². The molecule has 1 aromatic carbocycles. The van der Waals surface area contributed by atoms with Gasteiger partial charge >= 0.3 is 6.18 Å². The van der Waals surface area contributed by atoms with Crippen LogP contribution in [0.25, 0.3) is 0 Å². The fourth-order valence-corrected chi connectivity index (χ4v) is 2.62. The molecule has 0 radical (unpaired) electrons. The zero-order valence-electron chi connectivity index (χ0n) is 11.1. The summed E-state index contributed by atoms with van der Waals surface area (Å²) in [6.45, 7) is 0.0439. The van der Waals surface area contributed by atoms with Crippen molar-refractivity contribution in [2.24, 2.45) is 0 Å². The summed E-state index contributed by atoms with van der Waals surface area (Å²) in [5, 5.41) is 2.54. The van der Waals surface area contributed by atoms with Gasteiger partial charge in [-0.2, -0.15) is 13.2 Å². The summed E-state index contributed by atoms with van der Waals surface area (Å²) in [6, 6.07) is 6.37. The van der Waals surface area contributed by atoms with E-state index in [4.69, 9.17) is 0 Å². The van der Waals surface area contributed by atoms with Crippen LogP contribution in [0.1, 0.15) is 5.69 Å². The van der Waals surface area contributed by atoms with E-state index in [0.29, 0.717) is 0 Å². The molecule has 2 rings (SSSR count). The second-order valence-corrected chi connectivity index (χ2v) is 5.71. The van der Waals surface area contributed by atoms with E-state index in [2.05, 4.69) is 15.3 Å². The van der Waals surface area contributed by atoms with Gasteiger partial charge in [0.25, 0.3) is 0 Å². The highest BCUT2D eigenvalue weighted by atomic mass is 32.2. The van der Waals surface area contributed by atoms with E-state index in [-0.39, 0.29) is 23.1 Å². The molecule has 1 heterocycles. The average Bonchev–Trinajstić information content (AvgIpc) is 2.47. The fraction of sp³-hybridized carbons (Fsp3) is 0.231. The molecular formula is C13H11F4N3OS. The van der Waals surface area contributed by atoms with Crippen molar-refractivity contribution in [3.05, 3.63) is 48.0 Å². The van der Waals surface area contributed by atoms with Gasteiger partial charge in [0.05, 0.1) is 15.7 Å². The molecule has 118 valence electrons. The predicted octanol–water partition coefficient (Wildman–Crippen LogP) is 2.85. The van der Waals surface area contributed by atoms with Gasteiger partial charge in [0.2, 0.25) is 5.95 Å². The van der Waals surface area contributed by atoms with Crippen molar-refractivity contribution in [3.8, 4) is 0 Å². The van der Waals surface area contributed by atoms with Crippen molar-refractivity contribution in [1.82, 2.24) is 9.97 Å². The first-order valence-electron chi connectivity index (χ1n) is 6.15. The van der Waals surface area contributed by atoms with Crippen LogP contribution in [0.2, 0.25) is 0 Å². The van der Waals surface area contributed by atoms with Gasteiger partial charge in [-0.25, -0.2) is 14.4 Å². The van der Waals surface area contributed by atoms with Gasteiger partial charge < -0.3 is 5.32 Å². The highest BCUT2D eigenvalue weighted by Gasteiger charge is 2.32. The second kappa shape index (κ2) is 6.82. The van der Waals surface area contributed by atoms with Gasteiger partial charge in [-0.1, -0.05) is 12.1 Å². The number of nitrogens with one attached hydrogen (secondary N) is 1. The maximum atomic E-state index is 13.4. The van der Waals surface area contributed by atoms with E-state index < -0.39 is 28.5 Å². The molecule has 4 nitrogen and oxygen atoms in total. The monoisotopic (exact) mass is 333 g/mol. The first-order chi connectivity index (χ1) is 10.4. The zero-order chi connectivity index (χ0) is 16.2. The van der Waals surface area contributed by atoms with Crippen LogP contribution in [0.15, 0.2) is 41.4 Å². The van der Waals surface area contributed by atoms with Crippen molar-refractivity contribution in [1.29, 1.82) is 0 Å². The molecule has 0 bridgehead atoms. The van der Waals surface area contributed by atoms with Crippen LogP contribution >= 0.6 is 0 Å². The quantitative estimate of drug-likeness (QED) is 0.855. The Hall–Kier alpha value is -2.03. The minimum Gasteiger partial charge on any atom is -0.353 e. The Morgan fingerprint density at radius 2 is 1.91 bits per heavy atom. The summed E-state index contributed by atoms with van der Waals surface area (Å²) in [7, 11) is -1.61. The molecule has 0 saturated heterocycles. The van der Waals surface area contributed by atoms with Gasteiger partial charge in [0, 0.05) is 18.5 Å². The molecule has 1 atom stereocenters. The van der Waals surface area contributed by atoms with Gasteiger partial charge in [-0.15, -0.1) is 0 Å². The summed E-state index contributed by atoms with van der Waals surface area (Å²) in [5.41, 5.74) is -1.07. The molecule has 0 spiro atoms. The molecule has 1 N–H and O–H groups in total. The van der Waals surface area contributed by atoms with Crippen molar-refractivity contribution >= 4 is 16.7 Å². The van der Waals surface area contributed by atoms with E-state index in [1.165, 1.54) is 18.2 Å². The molecule has 0 fully saturated rings. The normalized spacial score (nSPS) is 12.9. The highest BCUT2D eigenvalue weighted by Crippen LogP contribution is 2.27. The smallest absolute Gasteiger partial charge is 0.353 e. The Morgan fingerprint density at radius 3 is 2.59 bits per heavy atom. The van der Waals surface area contributed by atoms with Crippen molar-refractivity contribution in [3.63, 3.8) is 0 Å². The number of hydrogen-bond acceptors (Lipinski definition) is 4. The summed E-state index contributed by atoms with van der Waals surface area (Å²) in [4.78, 5) is 7.01. The third kappa shape index (κ3) is 4.23. The minimum absolute atomic E-state index is 0.0144. The molecule has 22 heavy (non-hydrogen) atoms. The lowest BCUT2D eigenvalue weighted by Gasteiger charge is -2.08. The van der Waals surface area contributed by atoms with Crippen LogP contribution in [0, 0.1) is 5.82 Å².